The number of phosphoric acid groups is 1. The normalized spacial score (nSPS) is 14.3. The summed E-state index contributed by atoms with van der Waals surface area (Å²) in [5.41, 5.74) is 0. The van der Waals surface area contributed by atoms with E-state index in [-0.39, 0.29) is 19.6 Å². The van der Waals surface area contributed by atoms with Crippen LogP contribution in [0.5, 0.6) is 0 Å². The molecule has 0 bridgehead atoms. The van der Waals surface area contributed by atoms with Crippen molar-refractivity contribution >= 4 is 13.8 Å². The smallest absolute Gasteiger partial charge is 0.457 e. The molecule has 0 fully saturated rings. The monoisotopic (exact) mass is 815 g/mol. The van der Waals surface area contributed by atoms with E-state index in [1.165, 1.54) is 128 Å². The standard InChI is InChI=1S/C46H87O9P/c1-3-5-7-9-11-13-15-17-19-21-23-25-27-29-31-33-35-37-39-52-42-45(43-54-56(50,51)53-41-44(48)40-47)55-46(49)38-36-34-32-30-28-26-24-22-20-18-16-14-12-10-8-6-4-2/h12,14,17-20,44-45,47-48H,3-11,13,15-16,21-43H2,1-2H3,(H,50,51)/b14-12-,19-17-,20-18-. The van der Waals surface area contributed by atoms with Crippen molar-refractivity contribution in [3.8, 4) is 0 Å². The number of allylic oxidation sites excluding steroid dienone is 6. The fourth-order valence-corrected chi connectivity index (χ4v) is 7.05. The van der Waals surface area contributed by atoms with Crippen molar-refractivity contribution in [1.29, 1.82) is 0 Å². The number of ether oxygens (including phenoxy) is 2. The molecule has 0 aliphatic rings. The maximum absolute atomic E-state index is 12.6. The van der Waals surface area contributed by atoms with Gasteiger partial charge in [0.15, 0.2) is 0 Å². The Hall–Kier alpha value is -1.32. The van der Waals surface area contributed by atoms with Gasteiger partial charge in [-0.2, -0.15) is 0 Å². The predicted octanol–water partition coefficient (Wildman–Crippen LogP) is 12.8. The van der Waals surface area contributed by atoms with Crippen LogP contribution >= 0.6 is 7.82 Å². The lowest BCUT2D eigenvalue weighted by atomic mass is 10.1. The largest absolute Gasteiger partial charge is 0.472 e. The van der Waals surface area contributed by atoms with Crippen molar-refractivity contribution in [2.45, 2.75) is 219 Å². The maximum Gasteiger partial charge on any atom is 0.472 e. The third kappa shape index (κ3) is 42.3. The Balaban J connectivity index is 4.15. The molecule has 9 nitrogen and oxygen atoms in total. The van der Waals surface area contributed by atoms with Gasteiger partial charge in [0.25, 0.3) is 0 Å². The minimum Gasteiger partial charge on any atom is -0.457 e. The Bertz CT molecular complexity index is 970. The van der Waals surface area contributed by atoms with Gasteiger partial charge in [0.2, 0.25) is 0 Å². The average Bonchev–Trinajstić information content (AvgIpc) is 3.19. The summed E-state index contributed by atoms with van der Waals surface area (Å²) in [7, 11) is -4.52. The van der Waals surface area contributed by atoms with E-state index in [1.807, 2.05) is 0 Å². The SMILES string of the molecule is CCCCC/C=C\C/C=C\CCCCCCCCCC(=O)OC(COCCCCCCCCCC/C=C\CCCCCCCC)COP(=O)(O)OCC(O)CO. The number of rotatable bonds is 44. The Kier molecular flexibility index (Phi) is 42.2. The molecule has 56 heavy (non-hydrogen) atoms. The Morgan fingerprint density at radius 3 is 1.48 bits per heavy atom. The van der Waals surface area contributed by atoms with Crippen LogP contribution in [0.1, 0.15) is 206 Å². The van der Waals surface area contributed by atoms with Gasteiger partial charge in [0, 0.05) is 13.0 Å². The van der Waals surface area contributed by atoms with E-state index >= 15 is 0 Å². The van der Waals surface area contributed by atoms with E-state index in [0.717, 1.165) is 57.8 Å². The topological polar surface area (TPSA) is 132 Å². The zero-order valence-corrected chi connectivity index (χ0v) is 37.0. The number of carbonyl (C=O) groups is 1. The maximum atomic E-state index is 12.6. The van der Waals surface area contributed by atoms with Crippen molar-refractivity contribution in [2.24, 2.45) is 0 Å². The number of unbranched alkanes of at least 4 members (excludes halogenated alkanes) is 24. The summed E-state index contributed by atoms with van der Waals surface area (Å²) in [6.45, 7) is 3.49. The number of phosphoric ester groups is 1. The highest BCUT2D eigenvalue weighted by molar-refractivity contribution is 7.47. The number of hydrogen-bond acceptors (Lipinski definition) is 8. The van der Waals surface area contributed by atoms with Gasteiger partial charge < -0.3 is 24.6 Å². The molecular formula is C46H87O9P. The molecule has 0 radical (unpaired) electrons. The summed E-state index contributed by atoms with van der Waals surface area (Å²) < 4.78 is 33.4. The van der Waals surface area contributed by atoms with Gasteiger partial charge in [-0.1, -0.05) is 166 Å². The summed E-state index contributed by atoms with van der Waals surface area (Å²) in [5, 5.41) is 18.4. The predicted molar refractivity (Wildman–Crippen MR) is 233 cm³/mol. The van der Waals surface area contributed by atoms with Crippen molar-refractivity contribution in [1.82, 2.24) is 0 Å². The lowest BCUT2D eigenvalue weighted by molar-refractivity contribution is -0.154. The third-order valence-corrected chi connectivity index (χ3v) is 10.7. The second-order valence-corrected chi connectivity index (χ2v) is 16.9. The number of hydrogen-bond donors (Lipinski definition) is 3. The number of aliphatic hydroxyl groups is 2. The number of aliphatic hydroxyl groups excluding tert-OH is 2. The minimum atomic E-state index is -4.52. The highest BCUT2D eigenvalue weighted by Gasteiger charge is 2.26. The molecule has 10 heteroatoms. The molecule has 0 aliphatic heterocycles. The molecule has 0 heterocycles. The Morgan fingerprint density at radius 2 is 0.964 bits per heavy atom. The molecule has 330 valence electrons. The van der Waals surface area contributed by atoms with Gasteiger partial charge in [-0.05, 0) is 70.6 Å². The summed E-state index contributed by atoms with van der Waals surface area (Å²) in [5.74, 6) is -0.390. The lowest BCUT2D eigenvalue weighted by Gasteiger charge is -2.20. The van der Waals surface area contributed by atoms with E-state index in [9.17, 15) is 19.4 Å². The molecule has 0 rings (SSSR count). The van der Waals surface area contributed by atoms with Crippen LogP contribution in [0.25, 0.3) is 0 Å². The fourth-order valence-electron chi connectivity index (χ4n) is 6.26. The summed E-state index contributed by atoms with van der Waals surface area (Å²) in [6.07, 6.45) is 46.7. The van der Waals surface area contributed by atoms with E-state index in [0.29, 0.717) is 6.61 Å². The fraction of sp³-hybridized carbons (Fsp3) is 0.848. The first kappa shape index (κ1) is 54.7. The summed E-state index contributed by atoms with van der Waals surface area (Å²) in [4.78, 5) is 22.6. The molecule has 0 aromatic heterocycles. The van der Waals surface area contributed by atoms with Crippen LogP contribution in [0.3, 0.4) is 0 Å². The Labute approximate surface area is 344 Å². The second kappa shape index (κ2) is 43.3. The molecule has 3 N–H and O–H groups in total. The van der Waals surface area contributed by atoms with Crippen molar-refractivity contribution in [2.75, 3.05) is 33.0 Å². The van der Waals surface area contributed by atoms with Crippen LogP contribution in [0.2, 0.25) is 0 Å². The number of carbonyl (C=O) groups excluding carboxylic acids is 1. The van der Waals surface area contributed by atoms with Crippen molar-refractivity contribution in [3.63, 3.8) is 0 Å². The van der Waals surface area contributed by atoms with Gasteiger partial charge in [-0.3, -0.25) is 13.8 Å². The van der Waals surface area contributed by atoms with Crippen LogP contribution in [0.15, 0.2) is 36.5 Å². The zero-order valence-electron chi connectivity index (χ0n) is 36.1. The molecule has 0 aromatic carbocycles. The van der Waals surface area contributed by atoms with Gasteiger partial charge in [0.1, 0.15) is 12.2 Å². The van der Waals surface area contributed by atoms with Crippen molar-refractivity contribution < 1.29 is 43.0 Å². The van der Waals surface area contributed by atoms with Crippen LogP contribution in [0, 0.1) is 0 Å². The number of esters is 1. The van der Waals surface area contributed by atoms with E-state index in [4.69, 9.17) is 23.6 Å². The highest BCUT2D eigenvalue weighted by atomic mass is 31.2. The highest BCUT2D eigenvalue weighted by Crippen LogP contribution is 2.43. The quantitative estimate of drug-likeness (QED) is 0.0238. The first-order chi connectivity index (χ1) is 27.3. The third-order valence-electron chi connectivity index (χ3n) is 9.80. The summed E-state index contributed by atoms with van der Waals surface area (Å²) >= 11 is 0. The lowest BCUT2D eigenvalue weighted by Crippen LogP contribution is -2.29. The molecule has 3 atom stereocenters. The van der Waals surface area contributed by atoms with Gasteiger partial charge >= 0.3 is 13.8 Å². The zero-order chi connectivity index (χ0) is 41.1. The molecule has 0 aliphatic carbocycles. The van der Waals surface area contributed by atoms with Gasteiger partial charge in [0.05, 0.1) is 26.4 Å². The molecule has 0 amide bonds. The van der Waals surface area contributed by atoms with Gasteiger partial charge in [-0.15, -0.1) is 0 Å². The minimum absolute atomic E-state index is 0.0450. The molecular weight excluding hydrogens is 727 g/mol. The summed E-state index contributed by atoms with van der Waals surface area (Å²) in [6, 6.07) is 0. The van der Waals surface area contributed by atoms with Crippen LogP contribution in [0.4, 0.5) is 0 Å². The molecule has 0 saturated heterocycles. The molecule has 0 spiro atoms. The van der Waals surface area contributed by atoms with Crippen LogP contribution in [-0.4, -0.2) is 66.3 Å². The second-order valence-electron chi connectivity index (χ2n) is 15.4. The first-order valence-electron chi connectivity index (χ1n) is 23.0. The van der Waals surface area contributed by atoms with E-state index in [2.05, 4.69) is 50.3 Å². The van der Waals surface area contributed by atoms with Crippen LogP contribution < -0.4 is 0 Å². The molecule has 0 aromatic rings. The van der Waals surface area contributed by atoms with Gasteiger partial charge in [-0.25, -0.2) is 4.57 Å². The molecule has 0 saturated carbocycles. The first-order valence-corrected chi connectivity index (χ1v) is 24.5. The Morgan fingerprint density at radius 1 is 0.554 bits per heavy atom. The van der Waals surface area contributed by atoms with Crippen LogP contribution in [-0.2, 0) is 27.9 Å². The average molecular weight is 815 g/mol. The van der Waals surface area contributed by atoms with E-state index in [1.54, 1.807) is 0 Å². The molecule has 3 unspecified atom stereocenters. The van der Waals surface area contributed by atoms with E-state index < -0.39 is 39.2 Å². The van der Waals surface area contributed by atoms with Crippen molar-refractivity contribution in [3.05, 3.63) is 36.5 Å².